The van der Waals surface area contributed by atoms with Gasteiger partial charge in [0, 0.05) is 5.41 Å². The molecule has 0 aromatic rings. The molecule has 0 aliphatic heterocycles. The average molecular weight is 210 g/mol. The molecular weight excluding hydrogens is 206 g/mol. The first-order valence-corrected chi connectivity index (χ1v) is 3.65. The van der Waals surface area contributed by atoms with Crippen molar-refractivity contribution >= 4 is 16.1 Å². The van der Waals surface area contributed by atoms with Crippen molar-refractivity contribution in [1.82, 2.24) is 0 Å². The summed E-state index contributed by atoms with van der Waals surface area (Å²) >= 11 is 0. The van der Waals surface area contributed by atoms with E-state index in [0.717, 1.165) is 6.92 Å². The number of carboxylic acid groups (broad SMARTS) is 1. The van der Waals surface area contributed by atoms with E-state index in [-0.39, 0.29) is 64.5 Å². The maximum atomic E-state index is 9.82. The normalized spacial score (nSPS) is 11.0. The molecule has 0 fully saturated rings. The molecule has 0 radical (unpaired) electrons. The smallest absolute Gasteiger partial charge is 0.744 e. The van der Waals surface area contributed by atoms with Crippen molar-refractivity contribution in [2.45, 2.75) is 6.92 Å². The monoisotopic (exact) mass is 210 g/mol. The molecule has 0 atom stereocenters. The van der Waals surface area contributed by atoms with Gasteiger partial charge >= 0.3 is 59.1 Å². The average Bonchev–Trinajstić information content (AvgIpc) is 1.60. The van der Waals surface area contributed by atoms with Crippen molar-refractivity contribution in [2.75, 3.05) is 0 Å². The van der Waals surface area contributed by atoms with Gasteiger partial charge in [0.15, 0.2) is 0 Å². The van der Waals surface area contributed by atoms with Gasteiger partial charge in [-0.15, -0.1) is 0 Å². The van der Waals surface area contributed by atoms with Crippen LogP contribution in [0.3, 0.4) is 0 Å². The van der Waals surface area contributed by atoms with Crippen LogP contribution >= 0.6 is 0 Å². The molecule has 0 spiro atoms. The first-order valence-electron chi connectivity index (χ1n) is 2.18. The first kappa shape index (κ1) is 18.8. The Labute approximate surface area is 115 Å². The number of carbonyl (C=O) groups is 1. The van der Waals surface area contributed by atoms with Crippen molar-refractivity contribution in [2.24, 2.45) is 0 Å². The molecule has 0 bridgehead atoms. The molecule has 0 aromatic heterocycles. The molecule has 0 aliphatic carbocycles. The Bertz CT molecular complexity index is 267. The summed E-state index contributed by atoms with van der Waals surface area (Å²) in [5, 5.41) is 9.89. The second kappa shape index (κ2) is 7.52. The largest absolute Gasteiger partial charge is 1.00 e. The van der Waals surface area contributed by atoms with Gasteiger partial charge in [0.25, 0.3) is 0 Å². The van der Waals surface area contributed by atoms with Gasteiger partial charge in [-0.3, -0.25) is 0 Å². The van der Waals surface area contributed by atoms with Crippen molar-refractivity contribution in [3.05, 3.63) is 11.0 Å². The zero-order valence-corrected chi connectivity index (χ0v) is 11.8. The maximum Gasteiger partial charge on any atom is 1.00 e. The Morgan fingerprint density at radius 2 is 1.67 bits per heavy atom. The van der Waals surface area contributed by atoms with Crippen molar-refractivity contribution in [1.29, 1.82) is 0 Å². The van der Waals surface area contributed by atoms with Gasteiger partial charge in [-0.05, 0) is 12.5 Å². The topological polar surface area (TPSA) is 97.3 Å². The molecule has 0 aliphatic rings. The molecular formula is C4H4Na2O5S. The molecule has 0 aromatic carbocycles. The predicted octanol–water partition coefficient (Wildman–Crippen LogP) is -7.81. The molecule has 12 heavy (non-hydrogen) atoms. The third-order valence-electron chi connectivity index (χ3n) is 0.643. The molecule has 58 valence electrons. The minimum absolute atomic E-state index is 0. The van der Waals surface area contributed by atoms with Gasteiger partial charge in [-0.25, -0.2) is 8.42 Å². The summed E-state index contributed by atoms with van der Waals surface area (Å²) in [5.41, 5.74) is -0.602. The summed E-state index contributed by atoms with van der Waals surface area (Å²) < 4.78 is 29.5. The van der Waals surface area contributed by atoms with E-state index in [0.29, 0.717) is 0 Å². The summed E-state index contributed by atoms with van der Waals surface area (Å²) in [6.07, 6.45) is 0. The molecule has 0 heterocycles. The molecule has 5 nitrogen and oxygen atoms in total. The SMILES string of the molecule is C/C(=C\S(=O)(=O)[O-])C(=O)[O-].[Na+].[Na+]. The Balaban J connectivity index is -0.000000405. The molecule has 0 N–H and O–H groups in total. The standard InChI is InChI=1S/C4H6O5S.2Na/c1-3(4(5)6)2-10(7,8)9;;/h2H,1H3,(H,5,6)(H,7,8,9);;/q;2*+1/p-2/b3-2+;;. The molecule has 0 rings (SSSR count). The van der Waals surface area contributed by atoms with Crippen LogP contribution in [0.25, 0.3) is 0 Å². The fourth-order valence-corrected chi connectivity index (χ4v) is 0.794. The minimum Gasteiger partial charge on any atom is -0.744 e. The maximum absolute atomic E-state index is 9.82. The van der Waals surface area contributed by atoms with E-state index in [1.54, 1.807) is 0 Å². The van der Waals surface area contributed by atoms with E-state index in [1.807, 2.05) is 0 Å². The fourth-order valence-electron chi connectivity index (χ4n) is 0.265. The molecule has 0 unspecified atom stereocenters. The van der Waals surface area contributed by atoms with E-state index >= 15 is 0 Å². The Hall–Kier alpha value is 1.12. The number of rotatable bonds is 2. The zero-order chi connectivity index (χ0) is 8.36. The van der Waals surface area contributed by atoms with Gasteiger partial charge in [0.1, 0.15) is 10.1 Å². The number of hydrogen-bond donors (Lipinski definition) is 0. The van der Waals surface area contributed by atoms with E-state index in [4.69, 9.17) is 0 Å². The Kier molecular flexibility index (Phi) is 11.8. The van der Waals surface area contributed by atoms with Crippen LogP contribution in [0, 0.1) is 0 Å². The molecule has 8 heteroatoms. The minimum atomic E-state index is -4.60. The van der Waals surface area contributed by atoms with Gasteiger partial charge in [-0.2, -0.15) is 0 Å². The quantitative estimate of drug-likeness (QED) is 0.256. The van der Waals surface area contributed by atoms with Crippen LogP contribution in [0.4, 0.5) is 0 Å². The van der Waals surface area contributed by atoms with E-state index in [2.05, 4.69) is 0 Å². The fraction of sp³-hybridized carbons (Fsp3) is 0.250. The third-order valence-corrected chi connectivity index (χ3v) is 1.29. The number of aliphatic carboxylic acids is 1. The van der Waals surface area contributed by atoms with Gasteiger partial charge in [0.05, 0.1) is 5.97 Å². The van der Waals surface area contributed by atoms with Crippen LogP contribution in [-0.2, 0) is 14.9 Å². The summed E-state index contributed by atoms with van der Waals surface area (Å²) in [4.78, 5) is 9.79. The van der Waals surface area contributed by atoms with Crippen molar-refractivity contribution in [3.63, 3.8) is 0 Å². The molecule has 0 saturated carbocycles. The second-order valence-electron chi connectivity index (χ2n) is 1.58. The molecule has 0 amide bonds. The zero-order valence-electron chi connectivity index (χ0n) is 7.03. The van der Waals surface area contributed by atoms with Crippen LogP contribution in [-0.4, -0.2) is 18.9 Å². The van der Waals surface area contributed by atoms with E-state index < -0.39 is 21.7 Å². The van der Waals surface area contributed by atoms with Crippen LogP contribution < -0.4 is 64.2 Å². The second-order valence-corrected chi connectivity index (χ2v) is 2.80. The predicted molar refractivity (Wildman–Crippen MR) is 28.5 cm³/mol. The third kappa shape index (κ3) is 11.1. The van der Waals surface area contributed by atoms with Gasteiger partial charge in [0.2, 0.25) is 0 Å². The van der Waals surface area contributed by atoms with Crippen molar-refractivity contribution in [3.8, 4) is 0 Å². The Morgan fingerprint density at radius 3 is 1.75 bits per heavy atom. The van der Waals surface area contributed by atoms with Crippen LogP contribution in [0.2, 0.25) is 0 Å². The Morgan fingerprint density at radius 1 is 1.33 bits per heavy atom. The van der Waals surface area contributed by atoms with Crippen LogP contribution in [0.15, 0.2) is 11.0 Å². The van der Waals surface area contributed by atoms with Crippen molar-refractivity contribution < 1.29 is 82.0 Å². The number of carboxylic acids is 1. The summed E-state index contributed by atoms with van der Waals surface area (Å²) in [6.45, 7) is 0.963. The first-order chi connectivity index (χ1) is 4.33. The van der Waals surface area contributed by atoms with Crippen LogP contribution in [0.1, 0.15) is 6.92 Å². The van der Waals surface area contributed by atoms with E-state index in [1.165, 1.54) is 0 Å². The van der Waals surface area contributed by atoms with E-state index in [9.17, 15) is 22.9 Å². The van der Waals surface area contributed by atoms with Gasteiger partial charge in [-0.1, -0.05) is 0 Å². The van der Waals surface area contributed by atoms with Crippen LogP contribution in [0.5, 0.6) is 0 Å². The number of hydrogen-bond acceptors (Lipinski definition) is 5. The number of carbonyl (C=O) groups excluding carboxylic acids is 1. The summed E-state index contributed by atoms with van der Waals surface area (Å²) in [6, 6.07) is 0. The summed E-state index contributed by atoms with van der Waals surface area (Å²) in [5.74, 6) is -1.67. The molecule has 0 saturated heterocycles. The summed E-state index contributed by atoms with van der Waals surface area (Å²) in [7, 11) is -4.60. The van der Waals surface area contributed by atoms with Gasteiger partial charge < -0.3 is 14.5 Å².